The summed E-state index contributed by atoms with van der Waals surface area (Å²) in [4.78, 5) is 8.34. The lowest BCUT2D eigenvalue weighted by Gasteiger charge is -2.10. The third kappa shape index (κ3) is 3.20. The molecule has 2 N–H and O–H groups in total. The molecule has 0 aliphatic rings. The number of unbranched alkanes of at least 4 members (excludes halogenated alkanes) is 2. The van der Waals surface area contributed by atoms with Gasteiger partial charge in [0, 0.05) is 5.92 Å². The van der Waals surface area contributed by atoms with Crippen LogP contribution in [-0.4, -0.2) is 9.97 Å². The van der Waals surface area contributed by atoms with Crippen LogP contribution >= 0.6 is 0 Å². The van der Waals surface area contributed by atoms with Gasteiger partial charge in [0.2, 0.25) is 0 Å². The summed E-state index contributed by atoms with van der Waals surface area (Å²) in [7, 11) is 0. The van der Waals surface area contributed by atoms with Gasteiger partial charge in [0.1, 0.15) is 23.3 Å². The highest BCUT2D eigenvalue weighted by Crippen LogP contribution is 2.19. The van der Waals surface area contributed by atoms with Crippen molar-refractivity contribution in [3.63, 3.8) is 0 Å². The monoisotopic (exact) mass is 218 g/mol. The molecule has 4 heteroatoms. The van der Waals surface area contributed by atoms with Crippen LogP contribution in [0.2, 0.25) is 0 Å². The fourth-order valence-electron chi connectivity index (χ4n) is 1.56. The quantitative estimate of drug-likeness (QED) is 0.771. The van der Waals surface area contributed by atoms with Crippen molar-refractivity contribution in [1.82, 2.24) is 9.97 Å². The molecule has 0 saturated heterocycles. The van der Waals surface area contributed by atoms with Gasteiger partial charge in [-0.2, -0.15) is 5.26 Å². The maximum Gasteiger partial charge on any atom is 0.145 e. The zero-order valence-corrected chi connectivity index (χ0v) is 9.90. The number of nitrogens with zero attached hydrogens (tertiary/aromatic N) is 3. The number of nitrogens with two attached hydrogens (primary N) is 1. The normalized spacial score (nSPS) is 12.1. The second-order valence-corrected chi connectivity index (χ2v) is 4.04. The van der Waals surface area contributed by atoms with E-state index in [1.54, 1.807) is 0 Å². The van der Waals surface area contributed by atoms with E-state index in [0.717, 1.165) is 12.2 Å². The molecule has 1 aromatic heterocycles. The zero-order chi connectivity index (χ0) is 12.0. The van der Waals surface area contributed by atoms with Crippen molar-refractivity contribution >= 4 is 5.82 Å². The SMILES string of the molecule is CCCCCC(C)c1ncc(C#N)c(N)n1. The molecule has 0 amide bonds. The number of nitriles is 1. The van der Waals surface area contributed by atoms with Crippen LogP contribution in [0.5, 0.6) is 0 Å². The number of hydrogen-bond donors (Lipinski definition) is 1. The molecule has 1 unspecified atom stereocenters. The summed E-state index contributed by atoms with van der Waals surface area (Å²) in [6, 6.07) is 1.96. The summed E-state index contributed by atoms with van der Waals surface area (Å²) < 4.78 is 0. The number of nitrogen functional groups attached to an aromatic ring is 1. The van der Waals surface area contributed by atoms with Crippen LogP contribution in [0.3, 0.4) is 0 Å². The molecule has 86 valence electrons. The third-order valence-electron chi connectivity index (χ3n) is 2.64. The zero-order valence-electron chi connectivity index (χ0n) is 9.90. The van der Waals surface area contributed by atoms with Crippen LogP contribution in [0.25, 0.3) is 0 Å². The predicted molar refractivity (Wildman–Crippen MR) is 63.7 cm³/mol. The molecule has 0 fully saturated rings. The first kappa shape index (κ1) is 12.4. The highest BCUT2D eigenvalue weighted by Gasteiger charge is 2.10. The molecule has 0 aliphatic carbocycles. The van der Waals surface area contributed by atoms with E-state index in [1.165, 1.54) is 25.5 Å². The van der Waals surface area contributed by atoms with Crippen LogP contribution in [0.15, 0.2) is 6.20 Å². The minimum atomic E-state index is 0.287. The molecule has 0 aromatic carbocycles. The molecule has 1 atom stereocenters. The van der Waals surface area contributed by atoms with Crippen molar-refractivity contribution in [2.75, 3.05) is 5.73 Å². The number of anilines is 1. The van der Waals surface area contributed by atoms with Crippen molar-refractivity contribution in [3.8, 4) is 6.07 Å². The predicted octanol–water partition coefficient (Wildman–Crippen LogP) is 2.61. The van der Waals surface area contributed by atoms with Gasteiger partial charge in [-0.15, -0.1) is 0 Å². The molecular weight excluding hydrogens is 200 g/mol. The molecule has 0 bridgehead atoms. The van der Waals surface area contributed by atoms with E-state index >= 15 is 0 Å². The summed E-state index contributed by atoms with van der Waals surface area (Å²) in [6.45, 7) is 4.28. The molecule has 0 saturated carbocycles. The first-order valence-electron chi connectivity index (χ1n) is 5.71. The highest BCUT2D eigenvalue weighted by molar-refractivity contribution is 5.46. The lowest BCUT2D eigenvalue weighted by molar-refractivity contribution is 0.576. The smallest absolute Gasteiger partial charge is 0.145 e. The van der Waals surface area contributed by atoms with E-state index in [4.69, 9.17) is 11.0 Å². The number of hydrogen-bond acceptors (Lipinski definition) is 4. The fourth-order valence-corrected chi connectivity index (χ4v) is 1.56. The Kier molecular flexibility index (Phi) is 4.71. The van der Waals surface area contributed by atoms with Crippen molar-refractivity contribution in [1.29, 1.82) is 5.26 Å². The summed E-state index contributed by atoms with van der Waals surface area (Å²) in [5.41, 5.74) is 6.00. The van der Waals surface area contributed by atoms with Gasteiger partial charge in [0.15, 0.2) is 0 Å². The molecule has 1 aromatic rings. The van der Waals surface area contributed by atoms with E-state index in [9.17, 15) is 0 Å². The Morgan fingerprint density at radius 1 is 1.50 bits per heavy atom. The second-order valence-electron chi connectivity index (χ2n) is 4.04. The first-order valence-corrected chi connectivity index (χ1v) is 5.71. The van der Waals surface area contributed by atoms with Crippen molar-refractivity contribution in [3.05, 3.63) is 17.6 Å². The maximum atomic E-state index is 8.71. The molecule has 0 aliphatic heterocycles. The van der Waals surface area contributed by atoms with Gasteiger partial charge in [0.25, 0.3) is 0 Å². The van der Waals surface area contributed by atoms with Gasteiger partial charge in [-0.1, -0.05) is 33.1 Å². The lowest BCUT2D eigenvalue weighted by Crippen LogP contribution is -2.05. The van der Waals surface area contributed by atoms with Gasteiger partial charge in [0.05, 0.1) is 6.20 Å². The van der Waals surface area contributed by atoms with E-state index in [2.05, 4.69) is 23.8 Å². The largest absolute Gasteiger partial charge is 0.382 e. The average Bonchev–Trinajstić information content (AvgIpc) is 2.29. The molecule has 1 rings (SSSR count). The van der Waals surface area contributed by atoms with Crippen LogP contribution in [0.1, 0.15) is 56.8 Å². The summed E-state index contributed by atoms with van der Waals surface area (Å²) >= 11 is 0. The van der Waals surface area contributed by atoms with Crippen molar-refractivity contribution in [2.45, 2.75) is 45.4 Å². The van der Waals surface area contributed by atoms with Gasteiger partial charge >= 0.3 is 0 Å². The summed E-state index contributed by atoms with van der Waals surface area (Å²) in [5, 5.41) is 8.71. The number of rotatable bonds is 5. The Morgan fingerprint density at radius 2 is 2.25 bits per heavy atom. The van der Waals surface area contributed by atoms with Crippen LogP contribution < -0.4 is 5.73 Å². The van der Waals surface area contributed by atoms with E-state index < -0.39 is 0 Å². The lowest BCUT2D eigenvalue weighted by atomic mass is 10.0. The minimum absolute atomic E-state index is 0.287. The Bertz CT molecular complexity index is 381. The van der Waals surface area contributed by atoms with Gasteiger partial charge < -0.3 is 5.73 Å². The molecule has 16 heavy (non-hydrogen) atoms. The van der Waals surface area contributed by atoms with Crippen LogP contribution in [-0.2, 0) is 0 Å². The fraction of sp³-hybridized carbons (Fsp3) is 0.583. The Morgan fingerprint density at radius 3 is 2.81 bits per heavy atom. The maximum absolute atomic E-state index is 8.71. The van der Waals surface area contributed by atoms with Crippen LogP contribution in [0, 0.1) is 11.3 Å². The third-order valence-corrected chi connectivity index (χ3v) is 2.64. The standard InChI is InChI=1S/C12H18N4/c1-3-4-5-6-9(2)12-15-8-10(7-13)11(14)16-12/h8-9H,3-6H2,1-2H3,(H2,14,15,16). The number of aromatic nitrogens is 2. The van der Waals surface area contributed by atoms with E-state index in [0.29, 0.717) is 11.5 Å². The Labute approximate surface area is 96.5 Å². The van der Waals surface area contributed by atoms with Gasteiger partial charge in [-0.3, -0.25) is 0 Å². The molecular formula is C12H18N4. The van der Waals surface area contributed by atoms with Crippen molar-refractivity contribution < 1.29 is 0 Å². The Hall–Kier alpha value is -1.63. The first-order chi connectivity index (χ1) is 7.69. The topological polar surface area (TPSA) is 75.6 Å². The average molecular weight is 218 g/mol. The highest BCUT2D eigenvalue weighted by atomic mass is 14.9. The summed E-state index contributed by atoms with van der Waals surface area (Å²) in [5.74, 6) is 1.34. The molecule has 4 nitrogen and oxygen atoms in total. The van der Waals surface area contributed by atoms with Crippen LogP contribution in [0.4, 0.5) is 5.82 Å². The summed E-state index contributed by atoms with van der Waals surface area (Å²) in [6.07, 6.45) is 6.20. The molecule has 0 spiro atoms. The van der Waals surface area contributed by atoms with Gasteiger partial charge in [-0.25, -0.2) is 9.97 Å². The minimum Gasteiger partial charge on any atom is -0.382 e. The van der Waals surface area contributed by atoms with E-state index in [1.807, 2.05) is 6.07 Å². The molecule has 0 radical (unpaired) electrons. The van der Waals surface area contributed by atoms with Crippen molar-refractivity contribution in [2.24, 2.45) is 0 Å². The van der Waals surface area contributed by atoms with Gasteiger partial charge in [-0.05, 0) is 6.42 Å². The Balaban J connectivity index is 2.66. The van der Waals surface area contributed by atoms with E-state index in [-0.39, 0.29) is 5.82 Å². The second kappa shape index (κ2) is 6.06. The molecule has 1 heterocycles.